The van der Waals surface area contributed by atoms with E-state index in [1.54, 1.807) is 0 Å². The van der Waals surface area contributed by atoms with Crippen molar-refractivity contribution in [2.75, 3.05) is 0 Å². The first-order chi connectivity index (χ1) is 2.50. The largest absolute Gasteiger partial charge is 0.358 e. The zero-order valence-electron chi connectivity index (χ0n) is 6.20. The molecule has 0 nitrogen and oxygen atoms in total. The summed E-state index contributed by atoms with van der Waals surface area (Å²) in [7, 11) is 0. The smallest absolute Gasteiger partial charge is 0.00506 e. The van der Waals surface area contributed by atoms with E-state index >= 15 is 0 Å². The summed E-state index contributed by atoms with van der Waals surface area (Å²) >= 11 is 0. The van der Waals surface area contributed by atoms with Gasteiger partial charge in [0.05, 0.1) is 0 Å². The van der Waals surface area contributed by atoms with Crippen LogP contribution in [0.25, 0.3) is 0 Å². The van der Waals surface area contributed by atoms with E-state index in [4.69, 9.17) is 0 Å². The summed E-state index contributed by atoms with van der Waals surface area (Å²) in [5, 5.41) is 0. The topological polar surface area (TPSA) is 0 Å². The Bertz CT molecular complexity index is 62.6. The fourth-order valence-electron chi connectivity index (χ4n) is 0.321. The minimum absolute atomic E-state index is 0. The summed E-state index contributed by atoms with van der Waals surface area (Å²) in [5.74, 6) is 0. The van der Waals surface area contributed by atoms with Crippen molar-refractivity contribution in [3.8, 4) is 0 Å². The van der Waals surface area contributed by atoms with Crippen LogP contribution in [0.5, 0.6) is 0 Å². The van der Waals surface area contributed by atoms with E-state index in [-0.39, 0.29) is 43.3 Å². The zero-order valence-corrected chi connectivity index (χ0v) is 8.48. The molecule has 0 aromatic heterocycles. The van der Waals surface area contributed by atoms with Crippen LogP contribution in [-0.2, 0) is 21.1 Å². The SMILES string of the molecule is [CH3-].[CH3-].[CH3-].[CH]1C=CC=C1.[Pt]. The van der Waals surface area contributed by atoms with Crippen LogP contribution in [0, 0.1) is 28.7 Å². The fraction of sp³-hybridized carbons (Fsp3) is 0. The molecule has 1 radical (unpaired) electrons. The number of allylic oxidation sites excluding steroid dienone is 4. The summed E-state index contributed by atoms with van der Waals surface area (Å²) in [4.78, 5) is 0. The maximum atomic E-state index is 2.00. The molecule has 0 aromatic rings. The quantitative estimate of drug-likeness (QED) is 0.604. The van der Waals surface area contributed by atoms with Gasteiger partial charge in [-0.2, -0.15) is 0 Å². The molecule has 0 saturated heterocycles. The van der Waals surface area contributed by atoms with Crippen LogP contribution in [0.3, 0.4) is 0 Å². The monoisotopic (exact) mass is 305 g/mol. The molecule has 0 saturated carbocycles. The first-order valence-corrected chi connectivity index (χ1v) is 1.67. The van der Waals surface area contributed by atoms with Crippen molar-refractivity contribution in [2.24, 2.45) is 0 Å². The molecule has 0 heterocycles. The molecule has 1 heteroatoms. The second-order valence-electron chi connectivity index (χ2n) is 0.962. The predicted octanol–water partition coefficient (Wildman–Crippen LogP) is 2.67. The van der Waals surface area contributed by atoms with E-state index in [0.717, 1.165) is 0 Å². The number of hydrogen-bond acceptors (Lipinski definition) is 0. The second-order valence-corrected chi connectivity index (χ2v) is 0.962. The maximum absolute atomic E-state index is 2.00. The summed E-state index contributed by atoms with van der Waals surface area (Å²) in [6, 6.07) is 0. The van der Waals surface area contributed by atoms with Crippen LogP contribution in [-0.4, -0.2) is 0 Å². The Kier molecular flexibility index (Phi) is 40.0. The Morgan fingerprint density at radius 3 is 1.00 bits per heavy atom. The minimum atomic E-state index is 0. The van der Waals surface area contributed by atoms with E-state index in [1.165, 1.54) is 0 Å². The Labute approximate surface area is 74.3 Å². The third-order valence-electron chi connectivity index (χ3n) is 0.556. The third-order valence-corrected chi connectivity index (χ3v) is 0.556. The normalized spacial score (nSPS) is 9.78. The molecule has 0 spiro atoms. The van der Waals surface area contributed by atoms with Crippen molar-refractivity contribution in [1.82, 2.24) is 0 Å². The van der Waals surface area contributed by atoms with Crippen LogP contribution in [0.4, 0.5) is 0 Å². The standard InChI is InChI=1S/C5H5.3CH3.Pt/c1-2-4-5-3-1;;;;/h1-5H;3*1H3;/q;3*-1;. The minimum Gasteiger partial charge on any atom is -0.358 e. The molecule has 0 aromatic carbocycles. The predicted molar refractivity (Wildman–Crippen MR) is 41.8 cm³/mol. The molecule has 1 aliphatic rings. The van der Waals surface area contributed by atoms with Gasteiger partial charge in [0.1, 0.15) is 0 Å². The van der Waals surface area contributed by atoms with Crippen LogP contribution in [0.2, 0.25) is 0 Å². The van der Waals surface area contributed by atoms with E-state index in [0.29, 0.717) is 0 Å². The Morgan fingerprint density at radius 2 is 0.889 bits per heavy atom. The van der Waals surface area contributed by atoms with Gasteiger partial charge in [0.25, 0.3) is 0 Å². The number of rotatable bonds is 0. The molecule has 0 unspecified atom stereocenters. The van der Waals surface area contributed by atoms with Crippen LogP contribution in [0.15, 0.2) is 24.3 Å². The van der Waals surface area contributed by atoms with Gasteiger partial charge < -0.3 is 22.3 Å². The van der Waals surface area contributed by atoms with Gasteiger partial charge in [0.2, 0.25) is 0 Å². The van der Waals surface area contributed by atoms with Gasteiger partial charge in [0, 0.05) is 27.5 Å². The first kappa shape index (κ1) is 22.9. The average Bonchev–Trinajstić information content (AvgIpc) is 1.76. The molecule has 0 amide bonds. The van der Waals surface area contributed by atoms with Crippen molar-refractivity contribution >= 4 is 0 Å². The van der Waals surface area contributed by atoms with Crippen LogP contribution in [0.1, 0.15) is 0 Å². The van der Waals surface area contributed by atoms with Gasteiger partial charge in [0.15, 0.2) is 0 Å². The van der Waals surface area contributed by atoms with Crippen molar-refractivity contribution < 1.29 is 21.1 Å². The van der Waals surface area contributed by atoms with E-state index in [2.05, 4.69) is 0 Å². The molecule has 0 N–H and O–H groups in total. The van der Waals surface area contributed by atoms with Gasteiger partial charge in [-0.25, -0.2) is 0 Å². The van der Waals surface area contributed by atoms with Gasteiger partial charge in [-0.1, -0.05) is 24.3 Å². The molecular weight excluding hydrogens is 291 g/mol. The molecule has 9 heavy (non-hydrogen) atoms. The molecule has 59 valence electrons. The molecule has 1 rings (SSSR count). The molecule has 0 fully saturated rings. The Balaban J connectivity index is -0.0000000312. The van der Waals surface area contributed by atoms with Gasteiger partial charge >= 0.3 is 0 Å². The van der Waals surface area contributed by atoms with Gasteiger partial charge in [-0.05, 0) is 0 Å². The zero-order chi connectivity index (χ0) is 3.54. The molecule has 1 aliphatic carbocycles. The molecule has 0 aliphatic heterocycles. The van der Waals surface area contributed by atoms with Crippen molar-refractivity contribution in [2.45, 2.75) is 0 Å². The van der Waals surface area contributed by atoms with Crippen LogP contribution >= 0.6 is 0 Å². The Morgan fingerprint density at radius 1 is 0.556 bits per heavy atom. The van der Waals surface area contributed by atoms with Crippen molar-refractivity contribution in [3.63, 3.8) is 0 Å². The summed E-state index contributed by atoms with van der Waals surface area (Å²) in [6.45, 7) is 0. The van der Waals surface area contributed by atoms with Gasteiger partial charge in [-0.3, -0.25) is 0 Å². The summed E-state index contributed by atoms with van der Waals surface area (Å²) < 4.78 is 0. The molecular formula is C8H14Pt-3. The van der Waals surface area contributed by atoms with E-state index in [1.807, 2.05) is 30.7 Å². The fourth-order valence-corrected chi connectivity index (χ4v) is 0.321. The molecule has 0 atom stereocenters. The first-order valence-electron chi connectivity index (χ1n) is 1.67. The summed E-state index contributed by atoms with van der Waals surface area (Å²) in [5.41, 5.74) is 0. The van der Waals surface area contributed by atoms with Crippen LogP contribution < -0.4 is 0 Å². The van der Waals surface area contributed by atoms with E-state index < -0.39 is 0 Å². The number of hydrogen-bond donors (Lipinski definition) is 0. The Hall–Kier alpha value is 0.168. The van der Waals surface area contributed by atoms with Crippen molar-refractivity contribution in [1.29, 1.82) is 0 Å². The second kappa shape index (κ2) is 15.7. The van der Waals surface area contributed by atoms with E-state index in [9.17, 15) is 0 Å². The summed E-state index contributed by atoms with van der Waals surface area (Å²) in [6.07, 6.45) is 10.0. The van der Waals surface area contributed by atoms with Crippen molar-refractivity contribution in [3.05, 3.63) is 53.0 Å². The third kappa shape index (κ3) is 11.6. The maximum Gasteiger partial charge on any atom is 0.00506 e. The molecule has 0 bridgehead atoms. The average molecular weight is 305 g/mol. The van der Waals surface area contributed by atoms with Gasteiger partial charge in [-0.15, -0.1) is 0 Å².